The Labute approximate surface area is 170 Å². The van der Waals surface area contributed by atoms with Crippen molar-refractivity contribution in [3.8, 4) is 11.6 Å². The number of rotatable bonds is 6. The maximum atomic E-state index is 12.8. The Morgan fingerprint density at radius 3 is 2.38 bits per heavy atom. The largest absolute Gasteiger partial charge is 0.358 e. The summed E-state index contributed by atoms with van der Waals surface area (Å²) in [7, 11) is -4.09. The molecule has 0 atom stereocenters. The first-order chi connectivity index (χ1) is 13.7. The molecule has 0 radical (unpaired) electrons. The zero-order chi connectivity index (χ0) is 21.2. The number of hydrogen-bond donors (Lipinski definition) is 1. The summed E-state index contributed by atoms with van der Waals surface area (Å²) in [6, 6.07) is 15.0. The zero-order valence-electron chi connectivity index (χ0n) is 16.7. The molecule has 1 heterocycles. The minimum Gasteiger partial charge on any atom is -0.358 e. The van der Waals surface area contributed by atoms with Crippen LogP contribution >= 0.6 is 0 Å². The van der Waals surface area contributed by atoms with Gasteiger partial charge >= 0.3 is 10.1 Å². The molecule has 1 amide bonds. The summed E-state index contributed by atoms with van der Waals surface area (Å²) >= 11 is 0. The molecule has 152 valence electrons. The maximum Gasteiger partial charge on any atom is 0.340 e. The fourth-order valence-electron chi connectivity index (χ4n) is 2.74. The number of hydrogen-bond acceptors (Lipinski definition) is 5. The summed E-state index contributed by atoms with van der Waals surface area (Å²) < 4.78 is 32.6. The lowest BCUT2D eigenvalue weighted by Crippen LogP contribution is -2.13. The van der Waals surface area contributed by atoms with Crippen LogP contribution in [-0.2, 0) is 14.9 Å². The van der Waals surface area contributed by atoms with Crippen molar-refractivity contribution >= 4 is 21.7 Å². The van der Waals surface area contributed by atoms with E-state index in [-0.39, 0.29) is 22.6 Å². The second kappa shape index (κ2) is 8.08. The van der Waals surface area contributed by atoms with Crippen molar-refractivity contribution in [3.05, 3.63) is 65.9 Å². The Bertz CT molecular complexity index is 1130. The first-order valence-corrected chi connectivity index (χ1v) is 10.6. The van der Waals surface area contributed by atoms with Gasteiger partial charge in [-0.25, -0.2) is 0 Å². The van der Waals surface area contributed by atoms with E-state index in [0.717, 1.165) is 11.3 Å². The third kappa shape index (κ3) is 4.83. The van der Waals surface area contributed by atoms with Crippen LogP contribution in [-0.4, -0.2) is 24.1 Å². The first kappa shape index (κ1) is 20.6. The maximum absolute atomic E-state index is 12.8. The van der Waals surface area contributed by atoms with Crippen LogP contribution in [0.3, 0.4) is 0 Å². The molecule has 7 nitrogen and oxygen atoms in total. The second-order valence-corrected chi connectivity index (χ2v) is 8.60. The van der Waals surface area contributed by atoms with Crippen LogP contribution in [0.15, 0.2) is 59.5 Å². The number of carbonyl (C=O) groups is 1. The van der Waals surface area contributed by atoms with Crippen molar-refractivity contribution in [2.24, 2.45) is 0 Å². The van der Waals surface area contributed by atoms with E-state index in [2.05, 4.69) is 10.4 Å². The standard InChI is InChI=1S/C21H23N3O4S/c1-14(2)20-13-21(24(23-20)18-7-5-6-15(3)12-18)28-29(26,27)19-10-8-17(9-11-19)22-16(4)25/h5-14H,1-4H3,(H,22,25). The molecular formula is C21H23N3O4S. The summed E-state index contributed by atoms with van der Waals surface area (Å²) in [5.74, 6) is -0.0200. The topological polar surface area (TPSA) is 90.3 Å². The Hall–Kier alpha value is -3.13. The Kier molecular flexibility index (Phi) is 5.74. The van der Waals surface area contributed by atoms with Crippen LogP contribution in [0.1, 0.15) is 37.9 Å². The number of aromatic nitrogens is 2. The van der Waals surface area contributed by atoms with E-state index < -0.39 is 10.1 Å². The molecule has 0 aliphatic heterocycles. The summed E-state index contributed by atoms with van der Waals surface area (Å²) in [6.07, 6.45) is 0. The number of amides is 1. The van der Waals surface area contributed by atoms with Gasteiger partial charge in [-0.3, -0.25) is 4.79 Å². The summed E-state index contributed by atoms with van der Waals surface area (Å²) in [4.78, 5) is 11.1. The molecule has 3 aromatic rings. The molecule has 2 aromatic carbocycles. The van der Waals surface area contributed by atoms with Crippen LogP contribution in [0.4, 0.5) is 5.69 Å². The van der Waals surface area contributed by atoms with Gasteiger partial charge in [0.05, 0.1) is 11.4 Å². The highest BCUT2D eigenvalue weighted by molar-refractivity contribution is 7.87. The number of carbonyl (C=O) groups excluding carboxylic acids is 1. The Balaban J connectivity index is 1.97. The molecule has 29 heavy (non-hydrogen) atoms. The summed E-state index contributed by atoms with van der Waals surface area (Å²) in [5, 5.41) is 7.12. The molecule has 3 rings (SSSR count). The van der Waals surface area contributed by atoms with E-state index in [4.69, 9.17) is 4.18 Å². The van der Waals surface area contributed by atoms with Gasteiger partial charge in [-0.1, -0.05) is 26.0 Å². The lowest BCUT2D eigenvalue weighted by Gasteiger charge is -2.10. The smallest absolute Gasteiger partial charge is 0.340 e. The lowest BCUT2D eigenvalue weighted by molar-refractivity contribution is -0.114. The molecule has 1 N–H and O–H groups in total. The molecule has 0 bridgehead atoms. The highest BCUT2D eigenvalue weighted by atomic mass is 32.2. The highest BCUT2D eigenvalue weighted by Crippen LogP contribution is 2.27. The van der Waals surface area contributed by atoms with Gasteiger partial charge in [0.15, 0.2) is 0 Å². The normalized spacial score (nSPS) is 11.5. The molecule has 0 saturated carbocycles. The molecular weight excluding hydrogens is 390 g/mol. The van der Waals surface area contributed by atoms with Gasteiger partial charge in [0.2, 0.25) is 11.8 Å². The molecule has 0 spiro atoms. The molecule has 1 aromatic heterocycles. The third-order valence-electron chi connectivity index (χ3n) is 4.19. The van der Waals surface area contributed by atoms with Crippen LogP contribution in [0.2, 0.25) is 0 Å². The van der Waals surface area contributed by atoms with Crippen LogP contribution in [0, 0.1) is 6.92 Å². The van der Waals surface area contributed by atoms with Gasteiger partial charge in [-0.2, -0.15) is 18.2 Å². The summed E-state index contributed by atoms with van der Waals surface area (Å²) in [5.41, 5.74) is 2.95. The van der Waals surface area contributed by atoms with E-state index >= 15 is 0 Å². The van der Waals surface area contributed by atoms with E-state index in [9.17, 15) is 13.2 Å². The lowest BCUT2D eigenvalue weighted by atomic mass is 10.1. The average Bonchev–Trinajstić information content (AvgIpc) is 3.05. The third-order valence-corrected chi connectivity index (χ3v) is 5.43. The van der Waals surface area contributed by atoms with Gasteiger partial charge in [0, 0.05) is 18.7 Å². The number of nitrogens with one attached hydrogen (secondary N) is 1. The van der Waals surface area contributed by atoms with Gasteiger partial charge in [0.25, 0.3) is 0 Å². The van der Waals surface area contributed by atoms with Crippen molar-refractivity contribution in [1.29, 1.82) is 0 Å². The molecule has 0 unspecified atom stereocenters. The van der Waals surface area contributed by atoms with Crippen molar-refractivity contribution in [2.75, 3.05) is 5.32 Å². The van der Waals surface area contributed by atoms with Crippen molar-refractivity contribution in [2.45, 2.75) is 38.5 Å². The van der Waals surface area contributed by atoms with Crippen LogP contribution < -0.4 is 9.50 Å². The van der Waals surface area contributed by atoms with Crippen LogP contribution in [0.5, 0.6) is 5.88 Å². The van der Waals surface area contributed by atoms with Crippen molar-refractivity contribution < 1.29 is 17.4 Å². The summed E-state index contributed by atoms with van der Waals surface area (Å²) in [6.45, 7) is 7.28. The van der Waals surface area contributed by atoms with Crippen molar-refractivity contribution in [1.82, 2.24) is 9.78 Å². The predicted molar refractivity (Wildman–Crippen MR) is 111 cm³/mol. The van der Waals surface area contributed by atoms with Gasteiger partial charge in [-0.15, -0.1) is 0 Å². The van der Waals surface area contributed by atoms with Crippen LogP contribution in [0.25, 0.3) is 5.69 Å². The first-order valence-electron chi connectivity index (χ1n) is 9.15. The fraction of sp³-hybridized carbons (Fsp3) is 0.238. The van der Waals surface area contributed by atoms with Gasteiger partial charge in [-0.05, 0) is 54.8 Å². The monoisotopic (exact) mass is 413 g/mol. The van der Waals surface area contributed by atoms with E-state index in [1.807, 2.05) is 45.0 Å². The molecule has 0 fully saturated rings. The van der Waals surface area contributed by atoms with E-state index in [1.165, 1.54) is 35.9 Å². The SMILES string of the molecule is CC(=O)Nc1ccc(S(=O)(=O)Oc2cc(C(C)C)nn2-c2cccc(C)c2)cc1. The Morgan fingerprint density at radius 2 is 1.79 bits per heavy atom. The Morgan fingerprint density at radius 1 is 1.10 bits per heavy atom. The predicted octanol–water partition coefficient (Wildman–Crippen LogP) is 4.03. The zero-order valence-corrected chi connectivity index (χ0v) is 17.5. The quantitative estimate of drug-likeness (QED) is 0.616. The van der Waals surface area contributed by atoms with Crippen molar-refractivity contribution in [3.63, 3.8) is 0 Å². The fourth-order valence-corrected chi connectivity index (χ4v) is 3.65. The second-order valence-electron chi connectivity index (χ2n) is 7.06. The number of anilines is 1. The molecule has 0 aliphatic rings. The van der Waals surface area contributed by atoms with E-state index in [0.29, 0.717) is 11.4 Å². The number of aryl methyl sites for hydroxylation is 1. The van der Waals surface area contributed by atoms with Gasteiger partial charge < -0.3 is 9.50 Å². The highest BCUT2D eigenvalue weighted by Gasteiger charge is 2.22. The molecule has 0 saturated heterocycles. The van der Waals surface area contributed by atoms with E-state index in [1.54, 1.807) is 6.07 Å². The molecule has 8 heteroatoms. The van der Waals surface area contributed by atoms with Gasteiger partial charge in [0.1, 0.15) is 4.90 Å². The molecule has 0 aliphatic carbocycles. The minimum absolute atomic E-state index is 0.0188. The average molecular weight is 413 g/mol. The number of nitrogens with zero attached hydrogens (tertiary/aromatic N) is 2. The minimum atomic E-state index is -4.09. The number of benzene rings is 2.